The molecule has 6 nitrogen and oxygen atoms in total. The third kappa shape index (κ3) is 2.63. The van der Waals surface area contributed by atoms with Crippen LogP contribution in [-0.2, 0) is 13.6 Å². The summed E-state index contributed by atoms with van der Waals surface area (Å²) in [6, 6.07) is 4.56. The van der Waals surface area contributed by atoms with Crippen LogP contribution in [0.15, 0.2) is 37.1 Å². The Morgan fingerprint density at radius 2 is 2.22 bits per heavy atom. The molecule has 2 aliphatic heterocycles. The van der Waals surface area contributed by atoms with Gasteiger partial charge in [-0.25, -0.2) is 4.98 Å². The summed E-state index contributed by atoms with van der Waals surface area (Å²) < 4.78 is 1.79. The summed E-state index contributed by atoms with van der Waals surface area (Å²) in [5.41, 5.74) is 1.91. The minimum Gasteiger partial charge on any atom is -0.336 e. The van der Waals surface area contributed by atoms with E-state index in [1.54, 1.807) is 23.3 Å². The number of pyridine rings is 1. The van der Waals surface area contributed by atoms with Crippen molar-refractivity contribution < 1.29 is 4.79 Å². The van der Waals surface area contributed by atoms with Gasteiger partial charge in [-0.1, -0.05) is 6.07 Å². The first kappa shape index (κ1) is 14.4. The normalized spacial score (nSPS) is 24.1. The van der Waals surface area contributed by atoms with Crippen LogP contribution < -0.4 is 0 Å². The van der Waals surface area contributed by atoms with Gasteiger partial charge in [0.2, 0.25) is 0 Å². The number of aromatic nitrogens is 3. The van der Waals surface area contributed by atoms with Crippen LogP contribution in [0.2, 0.25) is 0 Å². The van der Waals surface area contributed by atoms with Crippen LogP contribution >= 0.6 is 0 Å². The van der Waals surface area contributed by atoms with Gasteiger partial charge in [-0.05, 0) is 24.0 Å². The van der Waals surface area contributed by atoms with Gasteiger partial charge in [-0.3, -0.25) is 14.7 Å². The molecule has 2 atom stereocenters. The average molecular weight is 311 g/mol. The largest absolute Gasteiger partial charge is 0.336 e. The molecule has 2 saturated heterocycles. The molecule has 6 heteroatoms. The Morgan fingerprint density at radius 3 is 2.96 bits per heavy atom. The van der Waals surface area contributed by atoms with Gasteiger partial charge in [0, 0.05) is 51.7 Å². The quantitative estimate of drug-likeness (QED) is 0.853. The van der Waals surface area contributed by atoms with Crippen molar-refractivity contribution in [2.75, 3.05) is 19.6 Å². The van der Waals surface area contributed by atoms with E-state index >= 15 is 0 Å². The zero-order valence-corrected chi connectivity index (χ0v) is 13.3. The fourth-order valence-electron chi connectivity index (χ4n) is 3.72. The lowest BCUT2D eigenvalue weighted by atomic mass is 9.82. The van der Waals surface area contributed by atoms with Gasteiger partial charge in [-0.2, -0.15) is 0 Å². The zero-order chi connectivity index (χ0) is 15.8. The van der Waals surface area contributed by atoms with Crippen LogP contribution in [-0.4, -0.2) is 55.9 Å². The Labute approximate surface area is 135 Å². The second kappa shape index (κ2) is 5.77. The highest BCUT2D eigenvalue weighted by atomic mass is 16.2. The van der Waals surface area contributed by atoms with Crippen LogP contribution in [0.25, 0.3) is 0 Å². The zero-order valence-electron chi connectivity index (χ0n) is 13.3. The van der Waals surface area contributed by atoms with Crippen LogP contribution in [0.5, 0.6) is 0 Å². The smallest absolute Gasteiger partial charge is 0.272 e. The molecule has 4 heterocycles. The molecule has 0 N–H and O–H groups in total. The third-order valence-electron chi connectivity index (χ3n) is 5.09. The molecule has 0 radical (unpaired) electrons. The molecule has 0 saturated carbocycles. The number of hydrogen-bond donors (Lipinski definition) is 0. The molecule has 0 spiro atoms. The van der Waals surface area contributed by atoms with Gasteiger partial charge in [0.05, 0.1) is 12.5 Å². The summed E-state index contributed by atoms with van der Waals surface area (Å²) in [6.07, 6.45) is 8.16. The van der Waals surface area contributed by atoms with Crippen molar-refractivity contribution in [3.63, 3.8) is 0 Å². The van der Waals surface area contributed by atoms with Crippen molar-refractivity contribution in [1.82, 2.24) is 24.3 Å². The average Bonchev–Trinajstić information content (AvgIpc) is 2.99. The highest BCUT2D eigenvalue weighted by Gasteiger charge is 2.43. The lowest BCUT2D eigenvalue weighted by Crippen LogP contribution is -2.64. The van der Waals surface area contributed by atoms with Gasteiger partial charge in [0.1, 0.15) is 5.69 Å². The first-order chi connectivity index (χ1) is 11.2. The van der Waals surface area contributed by atoms with Crippen LogP contribution in [0.1, 0.15) is 22.5 Å². The fraction of sp³-hybridized carbons (Fsp3) is 0.471. The second-order valence-electron chi connectivity index (χ2n) is 6.55. The molecule has 2 aromatic heterocycles. The topological polar surface area (TPSA) is 54.3 Å². The number of hydrogen-bond acceptors (Lipinski definition) is 4. The van der Waals surface area contributed by atoms with Crippen molar-refractivity contribution in [3.05, 3.63) is 48.3 Å². The Kier molecular flexibility index (Phi) is 3.61. The molecule has 0 unspecified atom stereocenters. The molecule has 2 fully saturated rings. The van der Waals surface area contributed by atoms with E-state index in [9.17, 15) is 4.79 Å². The van der Waals surface area contributed by atoms with E-state index in [1.165, 1.54) is 5.56 Å². The molecular weight excluding hydrogens is 290 g/mol. The Balaban J connectivity index is 1.42. The summed E-state index contributed by atoms with van der Waals surface area (Å²) >= 11 is 0. The molecular formula is C17H21N5O. The summed E-state index contributed by atoms with van der Waals surface area (Å²) in [5, 5.41) is 0. The highest BCUT2D eigenvalue weighted by molar-refractivity contribution is 5.92. The summed E-state index contributed by atoms with van der Waals surface area (Å²) in [5.74, 6) is 0.818. The van der Waals surface area contributed by atoms with Gasteiger partial charge >= 0.3 is 0 Å². The number of amides is 1. The van der Waals surface area contributed by atoms with Gasteiger partial charge in [0.25, 0.3) is 5.91 Å². The van der Waals surface area contributed by atoms with E-state index in [1.807, 2.05) is 24.2 Å². The molecule has 23 heavy (non-hydrogen) atoms. The number of nitrogens with zero attached hydrogens (tertiary/aromatic N) is 5. The number of fused-ring (bicyclic) bond motifs is 1. The standard InChI is InChI=1S/C17H21N5O/c1-20-12-19-8-15(20)17(23)21-6-4-14-10-22(16(14)11-21)9-13-3-2-5-18-7-13/h2-3,5,7-8,12,14,16H,4,6,9-11H2,1H3/t14-,16-/m1/s1. The maximum absolute atomic E-state index is 12.7. The predicted molar refractivity (Wildman–Crippen MR) is 85.7 cm³/mol. The Bertz CT molecular complexity index is 698. The number of imidazole rings is 1. The fourth-order valence-corrected chi connectivity index (χ4v) is 3.72. The number of carbonyl (C=O) groups is 1. The minimum atomic E-state index is 0.0941. The van der Waals surface area contributed by atoms with Gasteiger partial charge < -0.3 is 9.47 Å². The monoisotopic (exact) mass is 311 g/mol. The molecule has 4 rings (SSSR count). The maximum Gasteiger partial charge on any atom is 0.272 e. The summed E-state index contributed by atoms with van der Waals surface area (Å²) in [4.78, 5) is 25.3. The van der Waals surface area contributed by atoms with E-state index in [4.69, 9.17) is 0 Å². The van der Waals surface area contributed by atoms with Crippen molar-refractivity contribution >= 4 is 5.91 Å². The van der Waals surface area contributed by atoms with E-state index < -0.39 is 0 Å². The van der Waals surface area contributed by atoms with Crippen LogP contribution in [0, 0.1) is 5.92 Å². The van der Waals surface area contributed by atoms with E-state index in [2.05, 4.69) is 20.9 Å². The minimum absolute atomic E-state index is 0.0941. The number of carbonyl (C=O) groups excluding carboxylic acids is 1. The Morgan fingerprint density at radius 1 is 1.30 bits per heavy atom. The number of aryl methyl sites for hydroxylation is 1. The first-order valence-electron chi connectivity index (χ1n) is 8.11. The highest BCUT2D eigenvalue weighted by Crippen LogP contribution is 2.34. The predicted octanol–water partition coefficient (Wildman–Crippen LogP) is 1.16. The molecule has 1 amide bonds. The molecule has 0 aromatic carbocycles. The summed E-state index contributed by atoms with van der Waals surface area (Å²) in [6.45, 7) is 3.72. The maximum atomic E-state index is 12.7. The molecule has 0 bridgehead atoms. The lowest BCUT2D eigenvalue weighted by Gasteiger charge is -2.53. The van der Waals surface area contributed by atoms with E-state index in [0.717, 1.165) is 38.5 Å². The Hall–Kier alpha value is -2.21. The molecule has 0 aliphatic carbocycles. The molecule has 120 valence electrons. The van der Waals surface area contributed by atoms with Crippen molar-refractivity contribution in [1.29, 1.82) is 0 Å². The van der Waals surface area contributed by atoms with Crippen molar-refractivity contribution in [2.24, 2.45) is 13.0 Å². The molecule has 2 aliphatic rings. The summed E-state index contributed by atoms with van der Waals surface area (Å²) in [7, 11) is 1.87. The van der Waals surface area contributed by atoms with E-state index in [-0.39, 0.29) is 5.91 Å². The first-order valence-corrected chi connectivity index (χ1v) is 8.11. The van der Waals surface area contributed by atoms with E-state index in [0.29, 0.717) is 11.7 Å². The number of likely N-dealkylation sites (tertiary alicyclic amines) is 2. The van der Waals surface area contributed by atoms with Crippen molar-refractivity contribution in [3.8, 4) is 0 Å². The molecule has 2 aromatic rings. The van der Waals surface area contributed by atoms with Crippen molar-refractivity contribution in [2.45, 2.75) is 19.0 Å². The van der Waals surface area contributed by atoms with Crippen LogP contribution in [0.3, 0.4) is 0 Å². The second-order valence-corrected chi connectivity index (χ2v) is 6.55. The van der Waals surface area contributed by atoms with Gasteiger partial charge in [-0.15, -0.1) is 0 Å². The lowest BCUT2D eigenvalue weighted by molar-refractivity contribution is -0.0429. The third-order valence-corrected chi connectivity index (χ3v) is 5.09. The number of rotatable bonds is 3. The van der Waals surface area contributed by atoms with Gasteiger partial charge in [0.15, 0.2) is 0 Å². The SMILES string of the molecule is Cn1cncc1C(=O)N1CC[C@@H]2CN(Cc3cccnc3)[C@@H]2C1. The number of piperidine rings is 1. The van der Waals surface area contributed by atoms with Crippen LogP contribution in [0.4, 0.5) is 0 Å².